The van der Waals surface area contributed by atoms with Crippen molar-refractivity contribution < 1.29 is 13.2 Å². The molecule has 0 bridgehead atoms. The lowest BCUT2D eigenvalue weighted by Gasteiger charge is -2.07. The van der Waals surface area contributed by atoms with E-state index in [9.17, 15) is 13.2 Å². The predicted molar refractivity (Wildman–Crippen MR) is 77.5 cm³/mol. The Balaban J connectivity index is 2.60. The summed E-state index contributed by atoms with van der Waals surface area (Å²) in [5.74, 6) is -0.609. The molecule has 0 saturated heterocycles. The Kier molecular flexibility index (Phi) is 4.22. The van der Waals surface area contributed by atoms with Gasteiger partial charge in [0.1, 0.15) is 4.90 Å². The Morgan fingerprint density at radius 2 is 1.95 bits per heavy atom. The van der Waals surface area contributed by atoms with Crippen LogP contribution in [0.4, 0.5) is 0 Å². The number of hydrogen-bond acceptors (Lipinski definition) is 4. The van der Waals surface area contributed by atoms with E-state index in [0.717, 1.165) is 16.8 Å². The number of rotatable bonds is 2. The van der Waals surface area contributed by atoms with Crippen molar-refractivity contribution in [3.63, 3.8) is 0 Å². The second kappa shape index (κ2) is 5.45. The third-order valence-electron chi connectivity index (χ3n) is 2.32. The summed E-state index contributed by atoms with van der Waals surface area (Å²) < 4.78 is 24.4. The molecule has 0 saturated carbocycles. The summed E-state index contributed by atoms with van der Waals surface area (Å²) in [7, 11) is -4.06. The fourth-order valence-corrected chi connectivity index (χ4v) is 3.13. The smallest absolute Gasteiger partial charge is 0.267 e. The number of aromatic nitrogens is 2. The molecule has 0 fully saturated rings. The quantitative estimate of drug-likeness (QED) is 0.839. The van der Waals surface area contributed by atoms with Gasteiger partial charge in [0, 0.05) is 6.20 Å². The van der Waals surface area contributed by atoms with Gasteiger partial charge in [-0.2, -0.15) is 5.10 Å². The van der Waals surface area contributed by atoms with Gasteiger partial charge < -0.3 is 0 Å². The molecule has 2 aromatic rings. The minimum Gasteiger partial charge on any atom is -0.267 e. The van der Waals surface area contributed by atoms with Crippen LogP contribution >= 0.6 is 39.1 Å². The molecular formula is C10H6BrCl2N3O3S. The van der Waals surface area contributed by atoms with Crippen molar-refractivity contribution in [2.45, 2.75) is 4.90 Å². The first-order chi connectivity index (χ1) is 9.20. The SMILES string of the molecule is NS(=O)(=O)c1cc(C(=O)n2cc(Br)cn2)c(Cl)cc1Cl. The lowest BCUT2D eigenvalue weighted by molar-refractivity contribution is 0.0945. The van der Waals surface area contributed by atoms with E-state index >= 15 is 0 Å². The molecule has 0 aliphatic carbocycles. The summed E-state index contributed by atoms with van der Waals surface area (Å²) in [6.07, 6.45) is 2.81. The molecule has 0 aliphatic rings. The molecule has 0 spiro atoms. The molecule has 0 amide bonds. The van der Waals surface area contributed by atoms with E-state index in [2.05, 4.69) is 21.0 Å². The Morgan fingerprint density at radius 1 is 1.30 bits per heavy atom. The zero-order valence-electron chi connectivity index (χ0n) is 9.55. The first kappa shape index (κ1) is 15.5. The van der Waals surface area contributed by atoms with Crippen LogP contribution in [0.1, 0.15) is 10.4 Å². The fraction of sp³-hybridized carbons (Fsp3) is 0. The van der Waals surface area contributed by atoms with E-state index in [1.54, 1.807) is 0 Å². The highest BCUT2D eigenvalue weighted by Gasteiger charge is 2.21. The van der Waals surface area contributed by atoms with Gasteiger partial charge in [0.15, 0.2) is 0 Å². The molecule has 0 radical (unpaired) electrons. The van der Waals surface area contributed by atoms with Crippen LogP contribution in [0.3, 0.4) is 0 Å². The van der Waals surface area contributed by atoms with Gasteiger partial charge >= 0.3 is 0 Å². The minimum absolute atomic E-state index is 0.000905. The number of primary sulfonamides is 1. The molecule has 2 rings (SSSR count). The molecule has 10 heteroatoms. The molecule has 2 N–H and O–H groups in total. The van der Waals surface area contributed by atoms with Gasteiger partial charge in [-0.15, -0.1) is 0 Å². The summed E-state index contributed by atoms with van der Waals surface area (Å²) in [5.41, 5.74) is -0.0734. The lowest BCUT2D eigenvalue weighted by Crippen LogP contribution is -2.17. The van der Waals surface area contributed by atoms with E-state index in [4.69, 9.17) is 28.3 Å². The van der Waals surface area contributed by atoms with Crippen molar-refractivity contribution in [3.8, 4) is 0 Å². The maximum atomic E-state index is 12.2. The number of carbonyl (C=O) groups is 1. The van der Waals surface area contributed by atoms with E-state index in [-0.39, 0.29) is 20.5 Å². The van der Waals surface area contributed by atoms with Crippen LogP contribution in [0.15, 0.2) is 33.9 Å². The van der Waals surface area contributed by atoms with Crippen LogP contribution in [0.2, 0.25) is 10.0 Å². The number of hydrogen-bond donors (Lipinski definition) is 1. The summed E-state index contributed by atoms with van der Waals surface area (Å²) in [5, 5.41) is 8.66. The van der Waals surface area contributed by atoms with Crippen LogP contribution in [-0.4, -0.2) is 24.1 Å². The average Bonchev–Trinajstić information content (AvgIpc) is 2.73. The molecule has 20 heavy (non-hydrogen) atoms. The van der Waals surface area contributed by atoms with Crippen LogP contribution in [0.25, 0.3) is 0 Å². The number of sulfonamides is 1. The topological polar surface area (TPSA) is 95.0 Å². The van der Waals surface area contributed by atoms with Gasteiger partial charge in [-0.1, -0.05) is 23.2 Å². The van der Waals surface area contributed by atoms with Crippen LogP contribution in [0.5, 0.6) is 0 Å². The van der Waals surface area contributed by atoms with Crippen molar-refractivity contribution in [2.75, 3.05) is 0 Å². The largest absolute Gasteiger partial charge is 0.279 e. The number of nitrogens with two attached hydrogens (primary N) is 1. The molecule has 0 unspecified atom stereocenters. The maximum absolute atomic E-state index is 12.2. The highest BCUT2D eigenvalue weighted by atomic mass is 79.9. The van der Waals surface area contributed by atoms with Crippen molar-refractivity contribution in [1.82, 2.24) is 9.78 Å². The standard InChI is InChI=1S/C10H6BrCl2N3O3S/c11-5-3-15-16(4-5)10(17)6-1-9(20(14,18)19)8(13)2-7(6)12/h1-4H,(H2,14,18,19). The maximum Gasteiger partial charge on any atom is 0.279 e. The summed E-state index contributed by atoms with van der Waals surface area (Å²) in [6, 6.07) is 2.17. The van der Waals surface area contributed by atoms with Gasteiger partial charge in [-0.05, 0) is 28.1 Å². The third kappa shape index (κ3) is 3.04. The Bertz CT molecular complexity index is 804. The molecular weight excluding hydrogens is 393 g/mol. The third-order valence-corrected chi connectivity index (χ3v) is 4.42. The highest BCUT2D eigenvalue weighted by Crippen LogP contribution is 2.28. The predicted octanol–water partition coefficient (Wildman–Crippen LogP) is 2.29. The zero-order chi connectivity index (χ0) is 15.1. The first-order valence-corrected chi connectivity index (χ1v) is 8.06. The Morgan fingerprint density at radius 3 is 2.45 bits per heavy atom. The lowest BCUT2D eigenvalue weighted by atomic mass is 10.2. The normalized spacial score (nSPS) is 11.6. The van der Waals surface area contributed by atoms with E-state index in [1.807, 2.05) is 0 Å². The molecule has 1 heterocycles. The Labute approximate surface area is 132 Å². The summed E-state index contributed by atoms with van der Waals surface area (Å²) >= 11 is 14.8. The van der Waals surface area contributed by atoms with Crippen LogP contribution < -0.4 is 5.14 Å². The second-order valence-corrected chi connectivity index (χ2v) is 6.98. The number of halogens is 3. The molecule has 1 aromatic carbocycles. The fourth-order valence-electron chi connectivity index (χ4n) is 1.45. The number of nitrogens with zero attached hydrogens (tertiary/aromatic N) is 2. The Hall–Kier alpha value is -0.930. The minimum atomic E-state index is -4.06. The van der Waals surface area contributed by atoms with Crippen LogP contribution in [0, 0.1) is 0 Å². The van der Waals surface area contributed by atoms with Gasteiger partial charge in [0.25, 0.3) is 5.91 Å². The van der Waals surface area contributed by atoms with Crippen molar-refractivity contribution in [2.24, 2.45) is 5.14 Å². The van der Waals surface area contributed by atoms with Crippen LogP contribution in [-0.2, 0) is 10.0 Å². The van der Waals surface area contributed by atoms with E-state index in [1.165, 1.54) is 12.4 Å². The van der Waals surface area contributed by atoms with E-state index < -0.39 is 15.9 Å². The molecule has 6 nitrogen and oxygen atoms in total. The van der Waals surface area contributed by atoms with E-state index in [0.29, 0.717) is 4.47 Å². The zero-order valence-corrected chi connectivity index (χ0v) is 13.5. The molecule has 1 aromatic heterocycles. The van der Waals surface area contributed by atoms with Crippen molar-refractivity contribution >= 4 is 55.1 Å². The number of carbonyl (C=O) groups excluding carboxylic acids is 1. The van der Waals surface area contributed by atoms with Crippen molar-refractivity contribution in [1.29, 1.82) is 0 Å². The first-order valence-electron chi connectivity index (χ1n) is 4.97. The average molecular weight is 399 g/mol. The van der Waals surface area contributed by atoms with Crippen molar-refractivity contribution in [3.05, 3.63) is 44.6 Å². The number of benzene rings is 1. The molecule has 0 atom stereocenters. The van der Waals surface area contributed by atoms with Gasteiger partial charge in [0.05, 0.1) is 26.3 Å². The molecule has 106 valence electrons. The second-order valence-electron chi connectivity index (χ2n) is 3.72. The molecule has 0 aliphatic heterocycles. The van der Waals surface area contributed by atoms with Gasteiger partial charge in [-0.3, -0.25) is 4.79 Å². The summed E-state index contributed by atoms with van der Waals surface area (Å²) in [6.45, 7) is 0. The summed E-state index contributed by atoms with van der Waals surface area (Å²) in [4.78, 5) is 11.8. The van der Waals surface area contributed by atoms with Gasteiger partial charge in [0.2, 0.25) is 10.0 Å². The van der Waals surface area contributed by atoms with Gasteiger partial charge in [-0.25, -0.2) is 18.2 Å². The highest BCUT2D eigenvalue weighted by molar-refractivity contribution is 9.10. The monoisotopic (exact) mass is 397 g/mol.